The second kappa shape index (κ2) is 10.2. The van der Waals surface area contributed by atoms with Gasteiger partial charge in [-0.1, -0.05) is 11.6 Å². The van der Waals surface area contributed by atoms with Crippen LogP contribution in [-0.4, -0.2) is 61.2 Å². The smallest absolute Gasteiger partial charge is 0.246 e. The van der Waals surface area contributed by atoms with Crippen LogP contribution in [0, 0.1) is 0 Å². The number of methoxy groups -OCH3 is 2. The van der Waals surface area contributed by atoms with Crippen molar-refractivity contribution in [2.75, 3.05) is 51.0 Å². The first-order valence-electron chi connectivity index (χ1n) is 9.65. The lowest BCUT2D eigenvalue weighted by atomic mass is 10.2. The Labute approximate surface area is 201 Å². The van der Waals surface area contributed by atoms with E-state index in [1.165, 1.54) is 11.3 Å². The van der Waals surface area contributed by atoms with E-state index in [1.54, 1.807) is 43.4 Å². The summed E-state index contributed by atoms with van der Waals surface area (Å²) >= 11 is 7.36. The van der Waals surface area contributed by atoms with E-state index >= 15 is 0 Å². The molecule has 8 nitrogen and oxygen atoms in total. The van der Waals surface area contributed by atoms with Crippen molar-refractivity contribution in [2.24, 2.45) is 0 Å². The first kappa shape index (κ1) is 23.9. The molecule has 3 heterocycles. The predicted molar refractivity (Wildman–Crippen MR) is 131 cm³/mol. The first-order chi connectivity index (χ1) is 15.0. The summed E-state index contributed by atoms with van der Waals surface area (Å²) in [5.74, 6) is 2.03. The van der Waals surface area contributed by atoms with Gasteiger partial charge < -0.3 is 25.0 Å². The molecule has 2 aromatic heterocycles. The van der Waals surface area contributed by atoms with Gasteiger partial charge >= 0.3 is 0 Å². The number of aromatic nitrogens is 2. The third-order valence-corrected chi connectivity index (χ3v) is 6.27. The summed E-state index contributed by atoms with van der Waals surface area (Å²) in [6.07, 6.45) is 3.38. The molecule has 3 aromatic rings. The van der Waals surface area contributed by atoms with Crippen LogP contribution in [0.5, 0.6) is 11.5 Å². The summed E-state index contributed by atoms with van der Waals surface area (Å²) in [6, 6.07) is 7.27. The van der Waals surface area contributed by atoms with Gasteiger partial charge in [-0.2, -0.15) is 4.98 Å². The highest BCUT2D eigenvalue weighted by molar-refractivity contribution is 7.17. The summed E-state index contributed by atoms with van der Waals surface area (Å²) in [7, 11) is 3.15. The number of hydrogen-bond acceptors (Lipinski definition) is 8. The zero-order valence-corrected chi connectivity index (χ0v) is 20.0. The molecule has 0 bridgehead atoms. The molecule has 1 aliphatic heterocycles. The van der Waals surface area contributed by atoms with Gasteiger partial charge in [0.2, 0.25) is 11.9 Å². The molecule has 1 saturated heterocycles. The molecule has 0 aliphatic carbocycles. The average molecular weight is 496 g/mol. The number of ether oxygens (including phenoxy) is 2. The van der Waals surface area contributed by atoms with Crippen LogP contribution in [0.25, 0.3) is 17.0 Å². The highest BCUT2D eigenvalue weighted by Gasteiger charge is 2.22. The van der Waals surface area contributed by atoms with Gasteiger partial charge in [-0.25, -0.2) is 4.98 Å². The standard InChI is InChI=1S/C21H22ClN5O3S.ClH/c1-29-16-11-14-15(12-17(16)30-2)24-21(25-20(14)23)27-9-7-26(8-10-27)19(28)6-4-13-3-5-18(22)31-13;/h3-6,11-12H,7-10H2,1-2H3,(H2,23,24,25);1H/b6-4+;. The minimum Gasteiger partial charge on any atom is -0.493 e. The third-order valence-electron chi connectivity index (χ3n) is 5.08. The number of benzene rings is 1. The number of carbonyl (C=O) groups is 1. The Balaban J connectivity index is 0.00000289. The molecule has 0 atom stereocenters. The van der Waals surface area contributed by atoms with Crippen LogP contribution in [0.2, 0.25) is 4.34 Å². The zero-order valence-electron chi connectivity index (χ0n) is 17.6. The minimum atomic E-state index is -0.0278. The Morgan fingerprint density at radius 1 is 1.12 bits per heavy atom. The fourth-order valence-electron chi connectivity index (χ4n) is 3.41. The van der Waals surface area contributed by atoms with Crippen LogP contribution >= 0.6 is 35.3 Å². The second-order valence-electron chi connectivity index (χ2n) is 6.92. The fourth-order valence-corrected chi connectivity index (χ4v) is 4.38. The highest BCUT2D eigenvalue weighted by Crippen LogP contribution is 2.34. The molecule has 0 unspecified atom stereocenters. The van der Waals surface area contributed by atoms with Gasteiger partial charge in [0.15, 0.2) is 11.5 Å². The zero-order chi connectivity index (χ0) is 22.0. The predicted octanol–water partition coefficient (Wildman–Crippen LogP) is 3.73. The van der Waals surface area contributed by atoms with E-state index in [9.17, 15) is 4.79 Å². The molecule has 1 aliphatic rings. The summed E-state index contributed by atoms with van der Waals surface area (Å²) < 4.78 is 11.4. The van der Waals surface area contributed by atoms with Gasteiger partial charge in [0.25, 0.3) is 0 Å². The maximum absolute atomic E-state index is 12.5. The lowest BCUT2D eigenvalue weighted by Crippen LogP contribution is -2.48. The van der Waals surface area contributed by atoms with Crippen molar-refractivity contribution in [3.05, 3.63) is 39.6 Å². The van der Waals surface area contributed by atoms with Gasteiger partial charge in [-0.05, 0) is 24.3 Å². The van der Waals surface area contributed by atoms with E-state index < -0.39 is 0 Å². The van der Waals surface area contributed by atoms with Gasteiger partial charge in [0.1, 0.15) is 5.82 Å². The molecule has 0 spiro atoms. The average Bonchev–Trinajstić information content (AvgIpc) is 3.21. The van der Waals surface area contributed by atoms with Crippen LogP contribution in [0.15, 0.2) is 30.3 Å². The topological polar surface area (TPSA) is 93.8 Å². The number of piperazine rings is 1. The number of rotatable bonds is 5. The van der Waals surface area contributed by atoms with E-state index in [2.05, 4.69) is 9.97 Å². The monoisotopic (exact) mass is 495 g/mol. The third kappa shape index (κ3) is 5.01. The van der Waals surface area contributed by atoms with Gasteiger partial charge in [0, 0.05) is 48.6 Å². The van der Waals surface area contributed by atoms with E-state index in [0.717, 1.165) is 4.88 Å². The van der Waals surface area contributed by atoms with Crippen molar-refractivity contribution in [1.29, 1.82) is 0 Å². The number of hydrogen-bond donors (Lipinski definition) is 1. The minimum absolute atomic E-state index is 0. The Morgan fingerprint density at radius 2 is 1.81 bits per heavy atom. The first-order valence-corrected chi connectivity index (χ1v) is 10.8. The van der Waals surface area contributed by atoms with Crippen molar-refractivity contribution in [3.8, 4) is 11.5 Å². The number of thiophene rings is 1. The van der Waals surface area contributed by atoms with Gasteiger partial charge in [-0.3, -0.25) is 4.79 Å². The normalized spacial score (nSPS) is 14.0. The van der Waals surface area contributed by atoms with Crippen molar-refractivity contribution in [2.45, 2.75) is 0 Å². The van der Waals surface area contributed by atoms with Crippen LogP contribution in [0.4, 0.5) is 11.8 Å². The molecule has 2 N–H and O–H groups in total. The molecule has 1 fully saturated rings. The number of nitrogens with zero attached hydrogens (tertiary/aromatic N) is 4. The van der Waals surface area contributed by atoms with Crippen LogP contribution in [0.3, 0.4) is 0 Å². The van der Waals surface area contributed by atoms with Crippen molar-refractivity contribution in [1.82, 2.24) is 14.9 Å². The van der Waals surface area contributed by atoms with E-state index in [-0.39, 0.29) is 18.3 Å². The molecular formula is C21H23Cl2N5O3S. The molecular weight excluding hydrogens is 473 g/mol. The number of fused-ring (bicyclic) bond motifs is 1. The summed E-state index contributed by atoms with van der Waals surface area (Å²) in [5, 5.41) is 0.703. The SMILES string of the molecule is COc1cc2nc(N3CCN(C(=O)/C=C/c4ccc(Cl)s4)CC3)nc(N)c2cc1OC.Cl. The van der Waals surface area contributed by atoms with E-state index in [4.69, 9.17) is 26.8 Å². The van der Waals surface area contributed by atoms with Gasteiger partial charge in [-0.15, -0.1) is 23.7 Å². The van der Waals surface area contributed by atoms with E-state index in [1.807, 2.05) is 17.0 Å². The Kier molecular flexibility index (Phi) is 7.65. The highest BCUT2D eigenvalue weighted by atomic mass is 35.5. The number of carbonyl (C=O) groups excluding carboxylic acids is 1. The molecule has 1 aromatic carbocycles. The van der Waals surface area contributed by atoms with Crippen LogP contribution in [-0.2, 0) is 4.79 Å². The Morgan fingerprint density at radius 3 is 2.44 bits per heavy atom. The lowest BCUT2D eigenvalue weighted by Gasteiger charge is -2.34. The molecule has 11 heteroatoms. The second-order valence-corrected chi connectivity index (χ2v) is 8.67. The van der Waals surface area contributed by atoms with Crippen molar-refractivity contribution < 1.29 is 14.3 Å². The quantitative estimate of drug-likeness (QED) is 0.538. The molecule has 0 radical (unpaired) electrons. The number of nitrogens with two attached hydrogens (primary N) is 1. The number of halogens is 2. The largest absolute Gasteiger partial charge is 0.493 e. The molecule has 32 heavy (non-hydrogen) atoms. The van der Waals surface area contributed by atoms with Crippen LogP contribution < -0.4 is 20.1 Å². The summed E-state index contributed by atoms with van der Waals surface area (Å²) in [5.41, 5.74) is 6.87. The number of anilines is 2. The van der Waals surface area contributed by atoms with Gasteiger partial charge in [0.05, 0.1) is 24.1 Å². The summed E-state index contributed by atoms with van der Waals surface area (Å²) in [6.45, 7) is 2.37. The molecule has 4 rings (SSSR count). The Hall–Kier alpha value is -2.75. The van der Waals surface area contributed by atoms with Crippen molar-refractivity contribution >= 4 is 70.0 Å². The van der Waals surface area contributed by atoms with Crippen molar-refractivity contribution in [3.63, 3.8) is 0 Å². The Bertz CT molecular complexity index is 1150. The lowest BCUT2D eigenvalue weighted by molar-refractivity contribution is -0.126. The summed E-state index contributed by atoms with van der Waals surface area (Å²) in [4.78, 5) is 26.4. The number of amides is 1. The van der Waals surface area contributed by atoms with Crippen LogP contribution in [0.1, 0.15) is 4.88 Å². The van der Waals surface area contributed by atoms with E-state index in [0.29, 0.717) is 64.7 Å². The fraction of sp³-hybridized carbons (Fsp3) is 0.286. The number of nitrogen functional groups attached to an aromatic ring is 1. The molecule has 1 amide bonds. The maximum Gasteiger partial charge on any atom is 0.246 e. The molecule has 0 saturated carbocycles. The maximum atomic E-state index is 12.5. The molecule has 170 valence electrons.